The Kier molecular flexibility index (Phi) is 4.18. The number of rotatable bonds is 4. The topological polar surface area (TPSA) is 97.9 Å². The fraction of sp³-hybridized carbons (Fsp3) is 0.533. The molecule has 0 radical (unpaired) electrons. The third kappa shape index (κ3) is 2.75. The summed E-state index contributed by atoms with van der Waals surface area (Å²) in [6, 6.07) is 1.22. The van der Waals surface area contributed by atoms with Crippen molar-refractivity contribution in [1.82, 2.24) is 14.4 Å². The van der Waals surface area contributed by atoms with Crippen LogP contribution < -0.4 is 11.2 Å². The van der Waals surface area contributed by atoms with Crippen LogP contribution >= 0.6 is 0 Å². The zero-order valence-corrected chi connectivity index (χ0v) is 13.0. The first-order valence-electron chi connectivity index (χ1n) is 7.61. The number of carbonyl (C=O) groups excluding carboxylic acids is 2. The van der Waals surface area contributed by atoms with Gasteiger partial charge < -0.3 is 19.9 Å². The smallest absolute Gasteiger partial charge is 0.271 e. The molecule has 1 atom stereocenters. The maximum Gasteiger partial charge on any atom is 0.271 e. The molecule has 3 rings (SSSR count). The average Bonchev–Trinajstić information content (AvgIpc) is 2.53. The third-order valence-corrected chi connectivity index (χ3v) is 4.44. The highest BCUT2D eigenvalue weighted by Crippen LogP contribution is 2.23. The van der Waals surface area contributed by atoms with Crippen molar-refractivity contribution in [2.45, 2.75) is 19.1 Å². The van der Waals surface area contributed by atoms with Gasteiger partial charge in [-0.05, 0) is 6.42 Å². The molecule has 0 aromatic carbocycles. The van der Waals surface area contributed by atoms with Gasteiger partial charge in [0, 0.05) is 39.0 Å². The van der Waals surface area contributed by atoms with Gasteiger partial charge in [-0.25, -0.2) is 0 Å². The number of fused-ring (bicyclic) bond motifs is 2. The number of ether oxygens (including phenoxy) is 1. The number of amides is 2. The second kappa shape index (κ2) is 6.13. The van der Waals surface area contributed by atoms with Crippen molar-refractivity contribution in [2.75, 3.05) is 33.4 Å². The maximum atomic E-state index is 12.7. The van der Waals surface area contributed by atoms with Gasteiger partial charge in [0.1, 0.15) is 17.4 Å². The quantitative estimate of drug-likeness (QED) is 0.774. The predicted octanol–water partition coefficient (Wildman–Crippen LogP) is -0.919. The molecule has 2 amide bonds. The molecule has 2 aliphatic rings. The van der Waals surface area contributed by atoms with Gasteiger partial charge >= 0.3 is 0 Å². The van der Waals surface area contributed by atoms with Crippen LogP contribution in [0.1, 0.15) is 27.3 Å². The van der Waals surface area contributed by atoms with E-state index < -0.39 is 11.3 Å². The van der Waals surface area contributed by atoms with E-state index in [4.69, 9.17) is 10.5 Å². The zero-order valence-electron chi connectivity index (χ0n) is 13.0. The summed E-state index contributed by atoms with van der Waals surface area (Å²) in [6.45, 7) is 3.37. The molecule has 3 heterocycles. The van der Waals surface area contributed by atoms with Crippen LogP contribution in [0.3, 0.4) is 0 Å². The van der Waals surface area contributed by atoms with E-state index in [1.807, 2.05) is 0 Å². The van der Waals surface area contributed by atoms with Crippen LogP contribution in [0.2, 0.25) is 0 Å². The number of carbonyl (C=O) groups is 2. The lowest BCUT2D eigenvalue weighted by Gasteiger charge is -2.47. The van der Waals surface area contributed by atoms with Gasteiger partial charge in [-0.15, -0.1) is 0 Å². The van der Waals surface area contributed by atoms with E-state index in [1.54, 1.807) is 16.6 Å². The van der Waals surface area contributed by atoms with Crippen LogP contribution in [0.25, 0.3) is 0 Å². The van der Waals surface area contributed by atoms with E-state index in [2.05, 4.69) is 4.90 Å². The summed E-state index contributed by atoms with van der Waals surface area (Å²) >= 11 is 0. The van der Waals surface area contributed by atoms with Crippen molar-refractivity contribution in [3.05, 3.63) is 33.7 Å². The third-order valence-electron chi connectivity index (χ3n) is 4.44. The summed E-state index contributed by atoms with van der Waals surface area (Å²) in [4.78, 5) is 40.0. The Morgan fingerprint density at radius 1 is 1.39 bits per heavy atom. The summed E-state index contributed by atoms with van der Waals surface area (Å²) in [5.41, 5.74) is 4.94. The van der Waals surface area contributed by atoms with Gasteiger partial charge in [0.2, 0.25) is 0 Å². The van der Waals surface area contributed by atoms with Gasteiger partial charge in [0.05, 0.1) is 13.2 Å². The van der Waals surface area contributed by atoms with Crippen LogP contribution in [-0.4, -0.2) is 65.7 Å². The minimum Gasteiger partial charge on any atom is -0.383 e. The minimum absolute atomic E-state index is 0.0887. The number of nitrogens with two attached hydrogens (primary N) is 1. The van der Waals surface area contributed by atoms with E-state index in [0.29, 0.717) is 25.4 Å². The normalized spacial score (nSPS) is 21.0. The average molecular weight is 320 g/mol. The molecule has 8 heteroatoms. The Morgan fingerprint density at radius 3 is 2.87 bits per heavy atom. The van der Waals surface area contributed by atoms with E-state index in [9.17, 15) is 14.4 Å². The molecule has 1 aromatic heterocycles. The van der Waals surface area contributed by atoms with Crippen molar-refractivity contribution >= 4 is 11.8 Å². The number of hydrogen-bond donors (Lipinski definition) is 1. The lowest BCUT2D eigenvalue weighted by molar-refractivity contribution is -0.0182. The van der Waals surface area contributed by atoms with Gasteiger partial charge in [-0.1, -0.05) is 0 Å². The number of pyridine rings is 1. The van der Waals surface area contributed by atoms with Gasteiger partial charge in [0.15, 0.2) is 5.43 Å². The largest absolute Gasteiger partial charge is 0.383 e. The summed E-state index contributed by atoms with van der Waals surface area (Å²) in [5.74, 6) is -0.962. The van der Waals surface area contributed by atoms with Gasteiger partial charge in [-0.3, -0.25) is 19.3 Å². The zero-order chi connectivity index (χ0) is 16.6. The molecule has 0 spiro atoms. The highest BCUT2D eigenvalue weighted by molar-refractivity contribution is 5.96. The van der Waals surface area contributed by atoms with Crippen LogP contribution in [0.15, 0.2) is 17.1 Å². The molecule has 0 bridgehead atoms. The molecule has 124 valence electrons. The van der Waals surface area contributed by atoms with Crippen molar-refractivity contribution in [2.24, 2.45) is 5.73 Å². The van der Waals surface area contributed by atoms with Crippen molar-refractivity contribution < 1.29 is 14.3 Å². The number of primary amides is 1. The SMILES string of the molecule is COCCN1CCCN2C(=O)c3cc(=O)c(C(N)=O)cn3CC12. The number of hydrogen-bond acceptors (Lipinski definition) is 5. The second-order valence-corrected chi connectivity index (χ2v) is 5.81. The molecular weight excluding hydrogens is 300 g/mol. The lowest BCUT2D eigenvalue weighted by Crippen LogP contribution is -2.61. The summed E-state index contributed by atoms with van der Waals surface area (Å²) in [6.07, 6.45) is 2.19. The Labute approximate surface area is 133 Å². The van der Waals surface area contributed by atoms with Crippen molar-refractivity contribution in [1.29, 1.82) is 0 Å². The summed E-state index contributed by atoms with van der Waals surface area (Å²) in [5, 5.41) is 0. The Balaban J connectivity index is 1.97. The first-order valence-corrected chi connectivity index (χ1v) is 7.61. The molecule has 2 aliphatic heterocycles. The number of aromatic nitrogens is 1. The standard InChI is InChI=1S/C15H20N4O4/c1-23-6-5-17-3-2-4-19-13(17)9-18-8-10(14(16)21)12(20)7-11(18)15(19)22/h7-8,13H,2-6,9H2,1H3,(H2,16,21). The summed E-state index contributed by atoms with van der Waals surface area (Å²) < 4.78 is 6.80. The Hall–Kier alpha value is -2.19. The van der Waals surface area contributed by atoms with E-state index >= 15 is 0 Å². The summed E-state index contributed by atoms with van der Waals surface area (Å²) in [7, 11) is 1.65. The Bertz CT molecular complexity index is 699. The van der Waals surface area contributed by atoms with Crippen LogP contribution in [0, 0.1) is 0 Å². The Morgan fingerprint density at radius 2 is 2.17 bits per heavy atom. The van der Waals surface area contributed by atoms with Crippen molar-refractivity contribution in [3.63, 3.8) is 0 Å². The van der Waals surface area contributed by atoms with Gasteiger partial charge in [0.25, 0.3) is 11.8 Å². The molecule has 23 heavy (non-hydrogen) atoms. The molecule has 8 nitrogen and oxygen atoms in total. The number of methoxy groups -OCH3 is 1. The fourth-order valence-electron chi connectivity index (χ4n) is 3.28. The predicted molar refractivity (Wildman–Crippen MR) is 82.1 cm³/mol. The first-order chi connectivity index (χ1) is 11.0. The molecule has 1 aromatic rings. The highest BCUT2D eigenvalue weighted by atomic mass is 16.5. The van der Waals surface area contributed by atoms with E-state index in [1.165, 1.54) is 12.3 Å². The highest BCUT2D eigenvalue weighted by Gasteiger charge is 2.38. The van der Waals surface area contributed by atoms with Gasteiger partial charge in [-0.2, -0.15) is 0 Å². The van der Waals surface area contributed by atoms with Crippen LogP contribution in [0.5, 0.6) is 0 Å². The molecule has 0 aliphatic carbocycles. The van der Waals surface area contributed by atoms with Crippen LogP contribution in [-0.2, 0) is 11.3 Å². The maximum absolute atomic E-state index is 12.7. The fourth-order valence-corrected chi connectivity index (χ4v) is 3.28. The minimum atomic E-state index is -0.778. The monoisotopic (exact) mass is 320 g/mol. The van der Waals surface area contributed by atoms with Crippen LogP contribution in [0.4, 0.5) is 0 Å². The molecule has 1 saturated heterocycles. The van der Waals surface area contributed by atoms with Crippen molar-refractivity contribution in [3.8, 4) is 0 Å². The first kappa shape index (κ1) is 15.7. The number of nitrogens with zero attached hydrogens (tertiary/aromatic N) is 3. The van der Waals surface area contributed by atoms with E-state index in [0.717, 1.165) is 19.5 Å². The molecule has 0 saturated carbocycles. The molecule has 2 N–H and O–H groups in total. The molecular formula is C15H20N4O4. The lowest BCUT2D eigenvalue weighted by atomic mass is 10.1. The molecule has 1 unspecified atom stereocenters. The second-order valence-electron chi connectivity index (χ2n) is 5.81. The molecule has 1 fully saturated rings. The van der Waals surface area contributed by atoms with E-state index in [-0.39, 0.29) is 17.6 Å².